The summed E-state index contributed by atoms with van der Waals surface area (Å²) >= 11 is 0. The number of ether oxygens (including phenoxy) is 1. The van der Waals surface area contributed by atoms with E-state index in [0.717, 1.165) is 17.0 Å². The maximum atomic E-state index is 13.9. The summed E-state index contributed by atoms with van der Waals surface area (Å²) in [7, 11) is 1.39. The van der Waals surface area contributed by atoms with Gasteiger partial charge in [0.25, 0.3) is 11.7 Å². The van der Waals surface area contributed by atoms with Crippen molar-refractivity contribution in [2.24, 2.45) is 0 Å². The van der Waals surface area contributed by atoms with Crippen LogP contribution in [0, 0.1) is 11.6 Å². The van der Waals surface area contributed by atoms with Crippen molar-refractivity contribution in [3.63, 3.8) is 0 Å². The van der Waals surface area contributed by atoms with E-state index in [1.54, 1.807) is 18.2 Å². The molecule has 162 valence electrons. The van der Waals surface area contributed by atoms with E-state index < -0.39 is 35.1 Å². The summed E-state index contributed by atoms with van der Waals surface area (Å²) in [4.78, 5) is 27.0. The molecule has 32 heavy (non-hydrogen) atoms. The third-order valence-electron chi connectivity index (χ3n) is 5.20. The molecule has 1 heterocycles. The molecule has 1 aliphatic rings. The van der Waals surface area contributed by atoms with Crippen LogP contribution >= 0.6 is 0 Å². The molecule has 3 aromatic carbocycles. The van der Waals surface area contributed by atoms with Crippen molar-refractivity contribution in [2.75, 3.05) is 12.0 Å². The van der Waals surface area contributed by atoms with E-state index in [-0.39, 0.29) is 28.3 Å². The summed E-state index contributed by atoms with van der Waals surface area (Å²) in [5.41, 5.74) is 0.225. The molecule has 0 aliphatic carbocycles. The Labute approximate surface area is 181 Å². The number of hydrogen-bond donors (Lipinski definition) is 2. The predicted octanol–water partition coefficient (Wildman–Crippen LogP) is 4.31. The molecule has 1 fully saturated rings. The number of hydrogen-bond acceptors (Lipinski definition) is 5. The molecule has 0 radical (unpaired) electrons. The monoisotopic (exact) mass is 437 g/mol. The fraction of sp³-hybridized carbons (Fsp3) is 0.0833. The number of nitrogens with zero attached hydrogens (tertiary/aromatic N) is 1. The molecule has 1 amide bonds. The Morgan fingerprint density at radius 3 is 2.31 bits per heavy atom. The van der Waals surface area contributed by atoms with Crippen molar-refractivity contribution in [1.29, 1.82) is 0 Å². The Morgan fingerprint density at radius 2 is 1.66 bits per heavy atom. The van der Waals surface area contributed by atoms with Gasteiger partial charge in [0.1, 0.15) is 17.3 Å². The molecule has 0 spiro atoms. The first-order valence-corrected chi connectivity index (χ1v) is 9.52. The second-order valence-electron chi connectivity index (χ2n) is 7.06. The molecule has 1 saturated heterocycles. The van der Waals surface area contributed by atoms with Gasteiger partial charge in [-0.2, -0.15) is 0 Å². The lowest BCUT2D eigenvalue weighted by atomic mass is 9.94. The maximum absolute atomic E-state index is 13.9. The summed E-state index contributed by atoms with van der Waals surface area (Å²) in [5, 5.41) is 20.7. The van der Waals surface area contributed by atoms with E-state index in [4.69, 9.17) is 4.74 Å². The summed E-state index contributed by atoms with van der Waals surface area (Å²) in [6.45, 7) is 0. The van der Waals surface area contributed by atoms with E-state index in [2.05, 4.69) is 0 Å². The highest BCUT2D eigenvalue weighted by molar-refractivity contribution is 6.51. The van der Waals surface area contributed by atoms with E-state index >= 15 is 0 Å². The van der Waals surface area contributed by atoms with E-state index in [0.29, 0.717) is 5.56 Å². The summed E-state index contributed by atoms with van der Waals surface area (Å²) < 4.78 is 32.7. The number of phenols is 1. The van der Waals surface area contributed by atoms with Gasteiger partial charge in [0.15, 0.2) is 11.6 Å². The number of para-hydroxylation sites is 1. The van der Waals surface area contributed by atoms with Gasteiger partial charge in [0, 0.05) is 11.8 Å². The van der Waals surface area contributed by atoms with Gasteiger partial charge in [-0.3, -0.25) is 14.5 Å². The van der Waals surface area contributed by atoms with Crippen LogP contribution in [-0.4, -0.2) is 29.0 Å². The number of benzene rings is 3. The highest BCUT2D eigenvalue weighted by atomic mass is 19.2. The molecule has 0 bridgehead atoms. The average Bonchev–Trinajstić information content (AvgIpc) is 3.06. The molecule has 1 unspecified atom stereocenters. The van der Waals surface area contributed by atoms with Gasteiger partial charge in [0.05, 0.1) is 24.3 Å². The van der Waals surface area contributed by atoms with Gasteiger partial charge >= 0.3 is 0 Å². The number of phenolic OH excluding ortho intramolecular Hbond substituents is 1. The van der Waals surface area contributed by atoms with Gasteiger partial charge in [-0.1, -0.05) is 24.3 Å². The van der Waals surface area contributed by atoms with Gasteiger partial charge in [0.2, 0.25) is 0 Å². The number of ketones is 1. The molecule has 4 rings (SSSR count). The normalized spacial score (nSPS) is 17.6. The molecular weight excluding hydrogens is 420 g/mol. The molecule has 1 atom stereocenters. The largest absolute Gasteiger partial charge is 0.508 e. The topological polar surface area (TPSA) is 87.1 Å². The molecule has 0 aromatic heterocycles. The minimum Gasteiger partial charge on any atom is -0.508 e. The number of aliphatic hydroxyl groups excluding tert-OH is 1. The van der Waals surface area contributed by atoms with Gasteiger partial charge < -0.3 is 14.9 Å². The molecule has 1 aliphatic heterocycles. The lowest BCUT2D eigenvalue weighted by Gasteiger charge is -2.25. The zero-order chi connectivity index (χ0) is 23.0. The first-order valence-electron chi connectivity index (χ1n) is 9.52. The number of anilines is 1. The second kappa shape index (κ2) is 8.14. The number of aromatic hydroxyl groups is 1. The predicted molar refractivity (Wildman–Crippen MR) is 112 cm³/mol. The van der Waals surface area contributed by atoms with E-state index in [1.807, 2.05) is 0 Å². The Balaban J connectivity index is 1.98. The van der Waals surface area contributed by atoms with Crippen LogP contribution in [0.1, 0.15) is 17.2 Å². The van der Waals surface area contributed by atoms with Gasteiger partial charge in [-0.05, 0) is 42.0 Å². The van der Waals surface area contributed by atoms with Crippen LogP contribution in [-0.2, 0) is 9.59 Å². The van der Waals surface area contributed by atoms with E-state index in [9.17, 15) is 28.6 Å². The number of halogens is 2. The van der Waals surface area contributed by atoms with Gasteiger partial charge in [-0.15, -0.1) is 0 Å². The number of methoxy groups -OCH3 is 1. The fourth-order valence-corrected chi connectivity index (χ4v) is 3.69. The smallest absolute Gasteiger partial charge is 0.300 e. The first-order chi connectivity index (χ1) is 15.3. The Hall–Kier alpha value is -4.20. The number of rotatable bonds is 4. The van der Waals surface area contributed by atoms with Crippen molar-refractivity contribution >= 4 is 23.1 Å². The van der Waals surface area contributed by atoms with Crippen molar-refractivity contribution in [3.05, 3.63) is 95.1 Å². The summed E-state index contributed by atoms with van der Waals surface area (Å²) in [5.74, 6) is -4.60. The van der Waals surface area contributed by atoms with Crippen LogP contribution < -0.4 is 9.64 Å². The standard InChI is InChI=1S/C24H17F2NO5/c1-32-19-5-3-2-4-16(19)22(29)20-21(13-6-9-15(28)10-7-13)27(24(31)23(20)30)14-8-11-17(25)18(26)12-14/h2-12,21,28-29H,1H3/b22-20+. The van der Waals surface area contributed by atoms with Crippen molar-refractivity contribution in [1.82, 2.24) is 0 Å². The van der Waals surface area contributed by atoms with Crippen LogP contribution in [0.25, 0.3) is 5.76 Å². The SMILES string of the molecule is COc1ccccc1/C(O)=C1\C(=O)C(=O)N(c2ccc(F)c(F)c2)C1c1ccc(O)cc1. The number of aliphatic hydroxyl groups is 1. The quantitative estimate of drug-likeness (QED) is 0.361. The first kappa shape index (κ1) is 21.0. The van der Waals surface area contributed by atoms with E-state index in [1.165, 1.54) is 43.5 Å². The molecule has 0 saturated carbocycles. The molecule has 3 aromatic rings. The third kappa shape index (κ3) is 3.45. The molecule has 2 N–H and O–H groups in total. The van der Waals surface area contributed by atoms with Crippen molar-refractivity contribution in [3.8, 4) is 11.5 Å². The van der Waals surface area contributed by atoms with Crippen LogP contribution in [0.4, 0.5) is 14.5 Å². The Morgan fingerprint density at radius 1 is 0.969 bits per heavy atom. The average molecular weight is 437 g/mol. The minimum absolute atomic E-state index is 0.0525. The zero-order valence-corrected chi connectivity index (χ0v) is 16.8. The van der Waals surface area contributed by atoms with Gasteiger partial charge in [-0.25, -0.2) is 8.78 Å². The minimum atomic E-state index is -1.20. The van der Waals surface area contributed by atoms with Crippen molar-refractivity contribution in [2.45, 2.75) is 6.04 Å². The van der Waals surface area contributed by atoms with Crippen LogP contribution in [0.5, 0.6) is 11.5 Å². The number of Topliss-reactive ketones (excluding diaryl/α,β-unsaturated/α-hetero) is 1. The lowest BCUT2D eigenvalue weighted by molar-refractivity contribution is -0.132. The number of carbonyl (C=O) groups is 2. The summed E-state index contributed by atoms with van der Waals surface area (Å²) in [6, 6.07) is 13.7. The summed E-state index contributed by atoms with van der Waals surface area (Å²) in [6.07, 6.45) is 0. The zero-order valence-electron chi connectivity index (χ0n) is 16.8. The number of carbonyl (C=O) groups excluding carboxylic acids is 2. The number of amides is 1. The maximum Gasteiger partial charge on any atom is 0.300 e. The lowest BCUT2D eigenvalue weighted by Crippen LogP contribution is -2.29. The van der Waals surface area contributed by atoms with Crippen LogP contribution in [0.2, 0.25) is 0 Å². The second-order valence-corrected chi connectivity index (χ2v) is 7.06. The molecular formula is C24H17F2NO5. The Bertz CT molecular complexity index is 1250. The molecule has 6 nitrogen and oxygen atoms in total. The highest BCUT2D eigenvalue weighted by Crippen LogP contribution is 2.43. The van der Waals surface area contributed by atoms with Crippen molar-refractivity contribution < 1.29 is 33.3 Å². The fourth-order valence-electron chi connectivity index (χ4n) is 3.69. The van der Waals surface area contributed by atoms with Crippen LogP contribution in [0.15, 0.2) is 72.3 Å². The molecule has 8 heteroatoms. The Kier molecular flexibility index (Phi) is 5.36. The van der Waals surface area contributed by atoms with Crippen LogP contribution in [0.3, 0.4) is 0 Å². The third-order valence-corrected chi connectivity index (χ3v) is 5.20. The highest BCUT2D eigenvalue weighted by Gasteiger charge is 2.47.